The maximum absolute atomic E-state index is 12.3. The van der Waals surface area contributed by atoms with E-state index in [9.17, 15) is 4.79 Å². The SMILES string of the molecule is COc1cc(C(=S)N2C[C@@H](C)O[C@@H](C)C2)ccc1OCC(=O)Nc1ccc(Br)cc1C. The van der Waals surface area contributed by atoms with E-state index in [1.165, 1.54) is 0 Å². The van der Waals surface area contributed by atoms with Gasteiger partial charge in [0.15, 0.2) is 18.1 Å². The molecule has 2 aromatic carbocycles. The van der Waals surface area contributed by atoms with Gasteiger partial charge >= 0.3 is 0 Å². The van der Waals surface area contributed by atoms with Gasteiger partial charge in [0.05, 0.1) is 19.3 Å². The van der Waals surface area contributed by atoms with Crippen molar-refractivity contribution in [3.63, 3.8) is 0 Å². The Hall–Kier alpha value is -2.16. The van der Waals surface area contributed by atoms with Crippen LogP contribution in [0.25, 0.3) is 0 Å². The molecular weight excluding hydrogens is 480 g/mol. The number of ether oxygens (including phenoxy) is 3. The van der Waals surface area contributed by atoms with E-state index in [0.29, 0.717) is 11.5 Å². The monoisotopic (exact) mass is 506 g/mol. The third-order valence-electron chi connectivity index (χ3n) is 4.94. The first-order valence-corrected chi connectivity index (χ1v) is 11.3. The lowest BCUT2D eigenvalue weighted by Gasteiger charge is -2.37. The first-order valence-electron chi connectivity index (χ1n) is 10.1. The predicted molar refractivity (Wildman–Crippen MR) is 129 cm³/mol. The molecule has 31 heavy (non-hydrogen) atoms. The van der Waals surface area contributed by atoms with Gasteiger partial charge in [-0.25, -0.2) is 0 Å². The normalized spacial score (nSPS) is 18.4. The minimum atomic E-state index is -0.247. The number of rotatable bonds is 6. The van der Waals surface area contributed by atoms with Gasteiger partial charge in [0.25, 0.3) is 5.91 Å². The summed E-state index contributed by atoms with van der Waals surface area (Å²) in [4.78, 5) is 15.2. The average Bonchev–Trinajstić information content (AvgIpc) is 2.73. The summed E-state index contributed by atoms with van der Waals surface area (Å²) in [5, 5.41) is 2.86. The van der Waals surface area contributed by atoms with Crippen molar-refractivity contribution in [3.8, 4) is 11.5 Å². The number of thiocarbonyl (C=S) groups is 1. The van der Waals surface area contributed by atoms with Crippen LogP contribution in [0.3, 0.4) is 0 Å². The summed E-state index contributed by atoms with van der Waals surface area (Å²) >= 11 is 9.12. The maximum Gasteiger partial charge on any atom is 0.262 e. The number of methoxy groups -OCH3 is 1. The number of nitrogens with zero attached hydrogens (tertiary/aromatic N) is 1. The average molecular weight is 507 g/mol. The summed E-state index contributed by atoms with van der Waals surface area (Å²) in [6, 6.07) is 11.2. The van der Waals surface area contributed by atoms with Gasteiger partial charge in [-0.2, -0.15) is 0 Å². The van der Waals surface area contributed by atoms with Gasteiger partial charge in [0, 0.05) is 28.8 Å². The molecule has 1 aliphatic heterocycles. The topological polar surface area (TPSA) is 60.0 Å². The summed E-state index contributed by atoms with van der Waals surface area (Å²) < 4.78 is 18.0. The molecule has 0 bridgehead atoms. The van der Waals surface area contributed by atoms with Crippen LogP contribution in [0, 0.1) is 6.92 Å². The fourth-order valence-electron chi connectivity index (χ4n) is 3.54. The Morgan fingerprint density at radius 3 is 2.55 bits per heavy atom. The Kier molecular flexibility index (Phi) is 7.91. The largest absolute Gasteiger partial charge is 0.493 e. The van der Waals surface area contributed by atoms with E-state index in [1.807, 2.05) is 51.1 Å². The van der Waals surface area contributed by atoms with Crippen LogP contribution in [-0.2, 0) is 9.53 Å². The molecule has 0 saturated carbocycles. The predicted octanol–water partition coefficient (Wildman–Crippen LogP) is 4.57. The number of nitrogens with one attached hydrogen (secondary N) is 1. The van der Waals surface area contributed by atoms with E-state index in [0.717, 1.165) is 39.4 Å². The zero-order valence-corrected chi connectivity index (χ0v) is 20.5. The quantitative estimate of drug-likeness (QED) is 0.579. The summed E-state index contributed by atoms with van der Waals surface area (Å²) in [5.74, 6) is 0.769. The highest BCUT2D eigenvalue weighted by Crippen LogP contribution is 2.29. The molecule has 1 aliphatic rings. The molecule has 0 unspecified atom stereocenters. The summed E-state index contributed by atoms with van der Waals surface area (Å²) in [6.45, 7) is 7.39. The van der Waals surface area contributed by atoms with E-state index in [4.69, 9.17) is 26.4 Å². The number of hydrogen-bond acceptors (Lipinski definition) is 5. The Bertz CT molecular complexity index is 959. The van der Waals surface area contributed by atoms with Gasteiger partial charge in [-0.05, 0) is 62.7 Å². The molecule has 0 aliphatic carbocycles. The van der Waals surface area contributed by atoms with Crippen molar-refractivity contribution in [2.24, 2.45) is 0 Å². The highest BCUT2D eigenvalue weighted by Gasteiger charge is 2.25. The molecule has 166 valence electrons. The van der Waals surface area contributed by atoms with Crippen LogP contribution in [0.4, 0.5) is 5.69 Å². The van der Waals surface area contributed by atoms with E-state index < -0.39 is 0 Å². The molecule has 2 atom stereocenters. The van der Waals surface area contributed by atoms with E-state index in [-0.39, 0.29) is 24.7 Å². The molecule has 1 amide bonds. The molecule has 1 saturated heterocycles. The Labute approximate surface area is 197 Å². The van der Waals surface area contributed by atoms with Crippen LogP contribution in [0.15, 0.2) is 40.9 Å². The highest BCUT2D eigenvalue weighted by atomic mass is 79.9. The third-order valence-corrected chi connectivity index (χ3v) is 5.93. The second kappa shape index (κ2) is 10.4. The molecule has 0 aromatic heterocycles. The molecule has 8 heteroatoms. The lowest BCUT2D eigenvalue weighted by molar-refractivity contribution is -0.118. The van der Waals surface area contributed by atoms with Crippen molar-refractivity contribution in [2.45, 2.75) is 33.0 Å². The van der Waals surface area contributed by atoms with Gasteiger partial charge in [-0.3, -0.25) is 4.79 Å². The summed E-state index contributed by atoms with van der Waals surface area (Å²) in [7, 11) is 1.57. The van der Waals surface area contributed by atoms with Gasteiger partial charge in [-0.1, -0.05) is 28.1 Å². The van der Waals surface area contributed by atoms with Crippen LogP contribution in [0.5, 0.6) is 11.5 Å². The second-order valence-electron chi connectivity index (χ2n) is 7.63. The first-order chi connectivity index (χ1) is 14.8. The van der Waals surface area contributed by atoms with Crippen molar-refractivity contribution in [3.05, 3.63) is 52.0 Å². The number of anilines is 1. The number of halogens is 1. The molecule has 0 radical (unpaired) electrons. The molecule has 0 spiro atoms. The molecule has 3 rings (SSSR count). The van der Waals surface area contributed by atoms with Crippen molar-refractivity contribution in [1.29, 1.82) is 0 Å². The molecular formula is C23H27BrN2O4S. The fourth-order valence-corrected chi connectivity index (χ4v) is 4.29. The third kappa shape index (κ3) is 6.18. The maximum atomic E-state index is 12.3. The number of morpholine rings is 1. The van der Waals surface area contributed by atoms with Crippen molar-refractivity contribution >= 4 is 44.7 Å². The van der Waals surface area contributed by atoms with Crippen LogP contribution in [0.2, 0.25) is 0 Å². The molecule has 1 heterocycles. The lowest BCUT2D eigenvalue weighted by atomic mass is 10.1. The Morgan fingerprint density at radius 1 is 1.19 bits per heavy atom. The minimum absolute atomic E-state index is 0.124. The highest BCUT2D eigenvalue weighted by molar-refractivity contribution is 9.10. The molecule has 1 N–H and O–H groups in total. The fraction of sp³-hybridized carbons (Fsp3) is 0.391. The zero-order chi connectivity index (χ0) is 22.5. The number of amides is 1. The Balaban J connectivity index is 1.64. The van der Waals surface area contributed by atoms with E-state index in [2.05, 4.69) is 26.1 Å². The van der Waals surface area contributed by atoms with Gasteiger partial charge in [0.2, 0.25) is 0 Å². The van der Waals surface area contributed by atoms with Crippen LogP contribution >= 0.6 is 28.1 Å². The lowest BCUT2D eigenvalue weighted by Crippen LogP contribution is -2.47. The van der Waals surface area contributed by atoms with Gasteiger partial charge < -0.3 is 24.4 Å². The molecule has 1 fully saturated rings. The van der Waals surface area contributed by atoms with Crippen molar-refractivity contribution in [1.82, 2.24) is 4.90 Å². The van der Waals surface area contributed by atoms with Crippen LogP contribution < -0.4 is 14.8 Å². The number of aryl methyl sites for hydroxylation is 1. The first kappa shape index (κ1) is 23.5. The smallest absolute Gasteiger partial charge is 0.262 e. The summed E-state index contributed by atoms with van der Waals surface area (Å²) in [6.07, 6.45) is 0.248. The van der Waals surface area contributed by atoms with Gasteiger partial charge in [0.1, 0.15) is 4.99 Å². The van der Waals surface area contributed by atoms with E-state index in [1.54, 1.807) is 13.2 Å². The van der Waals surface area contributed by atoms with Crippen LogP contribution in [-0.4, -0.2) is 54.8 Å². The number of carbonyl (C=O) groups is 1. The van der Waals surface area contributed by atoms with E-state index >= 15 is 0 Å². The number of benzene rings is 2. The zero-order valence-electron chi connectivity index (χ0n) is 18.1. The number of carbonyl (C=O) groups excluding carboxylic acids is 1. The minimum Gasteiger partial charge on any atom is -0.493 e. The Morgan fingerprint density at radius 2 is 1.90 bits per heavy atom. The standard InChI is InChI=1S/C23H27BrN2O4S/c1-14-9-18(24)6-7-19(14)25-22(27)13-29-20-8-5-17(10-21(20)28-4)23(31)26-11-15(2)30-16(3)12-26/h5-10,15-16H,11-13H2,1-4H3,(H,25,27)/t15-,16+. The second-order valence-corrected chi connectivity index (χ2v) is 8.93. The van der Waals surface area contributed by atoms with Crippen molar-refractivity contribution in [2.75, 3.05) is 32.1 Å². The van der Waals surface area contributed by atoms with Gasteiger partial charge in [-0.15, -0.1) is 0 Å². The number of hydrogen-bond donors (Lipinski definition) is 1. The van der Waals surface area contributed by atoms with Crippen LogP contribution in [0.1, 0.15) is 25.0 Å². The molecule has 6 nitrogen and oxygen atoms in total. The van der Waals surface area contributed by atoms with Crippen molar-refractivity contribution < 1.29 is 19.0 Å². The summed E-state index contributed by atoms with van der Waals surface area (Å²) in [5.41, 5.74) is 2.58. The molecule has 2 aromatic rings.